The van der Waals surface area contributed by atoms with Crippen molar-refractivity contribution in [3.05, 3.63) is 45.6 Å². The molecule has 0 bridgehead atoms. The third-order valence-corrected chi connectivity index (χ3v) is 5.41. The summed E-state index contributed by atoms with van der Waals surface area (Å²) < 4.78 is 6.33. The number of thiophene rings is 1. The molecule has 0 atom stereocenters. The molecule has 3 heterocycles. The Bertz CT molecular complexity index is 778. The Hall–Kier alpha value is -1.36. The van der Waals surface area contributed by atoms with Crippen LogP contribution in [-0.4, -0.2) is 11.6 Å². The van der Waals surface area contributed by atoms with Crippen molar-refractivity contribution in [1.82, 2.24) is 4.98 Å². The zero-order valence-corrected chi connectivity index (χ0v) is 12.8. The van der Waals surface area contributed by atoms with Crippen molar-refractivity contribution in [2.75, 3.05) is 6.61 Å². The van der Waals surface area contributed by atoms with Crippen molar-refractivity contribution < 1.29 is 4.74 Å². The van der Waals surface area contributed by atoms with Crippen molar-refractivity contribution in [3.8, 4) is 26.9 Å². The summed E-state index contributed by atoms with van der Waals surface area (Å²) in [5.74, 6) is 1.01. The molecule has 0 saturated heterocycles. The fraction of sp³-hybridized carbons (Fsp3) is 0.133. The summed E-state index contributed by atoms with van der Waals surface area (Å²) >= 11 is 9.20. The molecule has 3 aromatic rings. The molecule has 1 aromatic carbocycles. The maximum Gasteiger partial charge on any atom is 0.124 e. The molecule has 4 rings (SSSR count). The summed E-state index contributed by atoms with van der Waals surface area (Å²) in [5, 5.41) is 3.13. The van der Waals surface area contributed by atoms with Gasteiger partial charge in [0.15, 0.2) is 0 Å². The Morgan fingerprint density at radius 1 is 1.20 bits per heavy atom. The first-order chi connectivity index (χ1) is 9.79. The number of nitrogens with zero attached hydrogens (tertiary/aromatic N) is 1. The van der Waals surface area contributed by atoms with Gasteiger partial charge in [0.2, 0.25) is 0 Å². The van der Waals surface area contributed by atoms with Gasteiger partial charge >= 0.3 is 0 Å². The van der Waals surface area contributed by atoms with Gasteiger partial charge in [-0.3, -0.25) is 0 Å². The average molecular weight is 320 g/mol. The van der Waals surface area contributed by atoms with E-state index in [1.807, 2.05) is 18.2 Å². The molecule has 100 valence electrons. The average Bonchev–Trinajstić information content (AvgIpc) is 3.17. The largest absolute Gasteiger partial charge is 0.493 e. The van der Waals surface area contributed by atoms with E-state index >= 15 is 0 Å². The van der Waals surface area contributed by atoms with Crippen LogP contribution in [0.5, 0.6) is 5.75 Å². The second-order valence-corrected chi connectivity index (χ2v) is 7.14. The van der Waals surface area contributed by atoms with Crippen molar-refractivity contribution in [2.24, 2.45) is 0 Å². The maximum absolute atomic E-state index is 5.98. The lowest BCUT2D eigenvalue weighted by atomic mass is 10.1. The highest BCUT2D eigenvalue weighted by Crippen LogP contribution is 2.36. The molecular weight excluding hydrogens is 310 g/mol. The highest BCUT2D eigenvalue weighted by molar-refractivity contribution is 7.20. The number of halogens is 1. The van der Waals surface area contributed by atoms with Crippen LogP contribution in [0.25, 0.3) is 21.1 Å². The van der Waals surface area contributed by atoms with E-state index in [0.717, 1.165) is 44.3 Å². The lowest BCUT2D eigenvalue weighted by molar-refractivity contribution is 0.357. The molecule has 1 aliphatic heterocycles. The number of ether oxygens (including phenoxy) is 1. The summed E-state index contributed by atoms with van der Waals surface area (Å²) in [6, 6.07) is 10.2. The van der Waals surface area contributed by atoms with E-state index in [1.54, 1.807) is 22.7 Å². The third-order valence-electron chi connectivity index (χ3n) is 3.27. The zero-order chi connectivity index (χ0) is 13.5. The highest BCUT2D eigenvalue weighted by atomic mass is 35.5. The molecule has 0 spiro atoms. The molecule has 0 fully saturated rings. The maximum atomic E-state index is 5.98. The first-order valence-corrected chi connectivity index (χ1v) is 8.34. The summed E-state index contributed by atoms with van der Waals surface area (Å²) in [5.41, 5.74) is 3.44. The molecule has 20 heavy (non-hydrogen) atoms. The van der Waals surface area contributed by atoms with Crippen molar-refractivity contribution >= 4 is 34.3 Å². The van der Waals surface area contributed by atoms with Crippen LogP contribution in [-0.2, 0) is 6.42 Å². The van der Waals surface area contributed by atoms with E-state index in [2.05, 4.69) is 17.5 Å². The summed E-state index contributed by atoms with van der Waals surface area (Å²) in [6.07, 6.45) is 0.988. The van der Waals surface area contributed by atoms with Gasteiger partial charge in [-0.1, -0.05) is 11.6 Å². The predicted molar refractivity (Wildman–Crippen MR) is 85.1 cm³/mol. The molecule has 0 amide bonds. The lowest BCUT2D eigenvalue weighted by Crippen LogP contribution is -1.85. The minimum Gasteiger partial charge on any atom is -0.493 e. The molecule has 0 unspecified atom stereocenters. The summed E-state index contributed by atoms with van der Waals surface area (Å²) in [4.78, 5) is 5.83. The highest BCUT2D eigenvalue weighted by Gasteiger charge is 2.14. The standard InChI is InChI=1S/C15H10ClNOS2/c16-14-4-3-13(20-14)11-8-19-15(17-11)10-1-2-12-9(7-10)5-6-18-12/h1-4,7-8H,5-6H2. The minimum absolute atomic E-state index is 0.787. The second-order valence-electron chi connectivity index (χ2n) is 4.56. The van der Waals surface area contributed by atoms with Gasteiger partial charge in [0.05, 0.1) is 21.5 Å². The number of thiazole rings is 1. The van der Waals surface area contributed by atoms with Crippen LogP contribution in [0.2, 0.25) is 4.34 Å². The Balaban J connectivity index is 1.71. The van der Waals surface area contributed by atoms with Gasteiger partial charge in [-0.25, -0.2) is 4.98 Å². The van der Waals surface area contributed by atoms with Gasteiger partial charge < -0.3 is 4.74 Å². The molecule has 1 aliphatic rings. The van der Waals surface area contributed by atoms with Gasteiger partial charge in [0.1, 0.15) is 10.8 Å². The van der Waals surface area contributed by atoms with E-state index in [4.69, 9.17) is 21.3 Å². The van der Waals surface area contributed by atoms with Crippen LogP contribution in [0, 0.1) is 0 Å². The van der Waals surface area contributed by atoms with Crippen molar-refractivity contribution in [3.63, 3.8) is 0 Å². The van der Waals surface area contributed by atoms with Crippen molar-refractivity contribution in [1.29, 1.82) is 0 Å². The molecule has 0 aliphatic carbocycles. The van der Waals surface area contributed by atoms with E-state index < -0.39 is 0 Å². The van der Waals surface area contributed by atoms with E-state index in [9.17, 15) is 0 Å². The predicted octanol–water partition coefficient (Wildman–Crippen LogP) is 5.13. The number of hydrogen-bond donors (Lipinski definition) is 0. The van der Waals surface area contributed by atoms with E-state index in [-0.39, 0.29) is 0 Å². The van der Waals surface area contributed by atoms with Crippen LogP contribution in [0.1, 0.15) is 5.56 Å². The minimum atomic E-state index is 0.787. The van der Waals surface area contributed by atoms with Gasteiger partial charge in [-0.2, -0.15) is 0 Å². The Morgan fingerprint density at radius 3 is 3.00 bits per heavy atom. The lowest BCUT2D eigenvalue weighted by Gasteiger charge is -2.00. The molecule has 0 N–H and O–H groups in total. The van der Waals surface area contributed by atoms with Crippen LogP contribution >= 0.6 is 34.3 Å². The fourth-order valence-corrected chi connectivity index (χ4v) is 4.19. The number of rotatable bonds is 2. The normalized spacial score (nSPS) is 13.2. The number of benzene rings is 1. The van der Waals surface area contributed by atoms with Crippen LogP contribution in [0.4, 0.5) is 0 Å². The Morgan fingerprint density at radius 2 is 2.15 bits per heavy atom. The summed E-state index contributed by atoms with van der Waals surface area (Å²) in [7, 11) is 0. The smallest absolute Gasteiger partial charge is 0.124 e. The fourth-order valence-electron chi connectivity index (χ4n) is 2.29. The molecular formula is C15H10ClNOS2. The second kappa shape index (κ2) is 4.88. The van der Waals surface area contributed by atoms with Gasteiger partial charge in [0.25, 0.3) is 0 Å². The number of aromatic nitrogens is 1. The molecule has 5 heteroatoms. The molecule has 0 saturated carbocycles. The Labute approximate surface area is 129 Å². The Kier molecular flexibility index (Phi) is 3.02. The van der Waals surface area contributed by atoms with Gasteiger partial charge in [-0.15, -0.1) is 22.7 Å². The first-order valence-electron chi connectivity index (χ1n) is 6.27. The third kappa shape index (κ3) is 2.14. The zero-order valence-electron chi connectivity index (χ0n) is 10.4. The summed E-state index contributed by atoms with van der Waals surface area (Å²) in [6.45, 7) is 0.787. The van der Waals surface area contributed by atoms with Crippen LogP contribution in [0.3, 0.4) is 0 Å². The molecule has 2 aromatic heterocycles. The van der Waals surface area contributed by atoms with Gasteiger partial charge in [-0.05, 0) is 35.9 Å². The molecule has 0 radical (unpaired) electrons. The topological polar surface area (TPSA) is 22.1 Å². The van der Waals surface area contributed by atoms with E-state index in [0.29, 0.717) is 0 Å². The van der Waals surface area contributed by atoms with E-state index in [1.165, 1.54) is 5.56 Å². The van der Waals surface area contributed by atoms with Gasteiger partial charge in [0, 0.05) is 17.4 Å². The van der Waals surface area contributed by atoms with Crippen molar-refractivity contribution in [2.45, 2.75) is 6.42 Å². The quantitative estimate of drug-likeness (QED) is 0.653. The number of fused-ring (bicyclic) bond motifs is 1. The SMILES string of the molecule is Clc1ccc(-c2csc(-c3ccc4c(c3)CCO4)n2)s1. The van der Waals surface area contributed by atoms with Crippen LogP contribution in [0.15, 0.2) is 35.7 Å². The number of hydrogen-bond acceptors (Lipinski definition) is 4. The first kappa shape index (κ1) is 12.4. The molecule has 2 nitrogen and oxygen atoms in total. The van der Waals surface area contributed by atoms with Crippen LogP contribution < -0.4 is 4.74 Å². The monoisotopic (exact) mass is 319 g/mol.